The predicted octanol–water partition coefficient (Wildman–Crippen LogP) is 5.12. The summed E-state index contributed by atoms with van der Waals surface area (Å²) in [7, 11) is -0.551. The van der Waals surface area contributed by atoms with Gasteiger partial charge < -0.3 is 14.0 Å². The Balaban J connectivity index is 2.17. The molecule has 1 heterocycles. The Morgan fingerprint density at radius 1 is 1.25 bits per heavy atom. The lowest BCUT2D eigenvalue weighted by molar-refractivity contribution is 0.00578. The molecular formula is C20H29BFNO4S. The molecule has 5 nitrogen and oxygen atoms in total. The molecule has 1 N–H and O–H groups in total. The summed E-state index contributed by atoms with van der Waals surface area (Å²) in [6.45, 7) is 13.1. The van der Waals surface area contributed by atoms with Crippen LogP contribution in [0.25, 0.3) is 6.08 Å². The fourth-order valence-electron chi connectivity index (χ4n) is 2.53. The van der Waals surface area contributed by atoms with Crippen LogP contribution in [0.3, 0.4) is 0 Å². The molecular weight excluding hydrogens is 380 g/mol. The number of anilines is 1. The molecule has 0 atom stereocenters. The zero-order valence-corrected chi connectivity index (χ0v) is 18.4. The number of nitrogens with one attached hydrogen (secondary N) is 1. The van der Waals surface area contributed by atoms with E-state index in [-0.39, 0.29) is 5.69 Å². The molecule has 154 valence electrons. The van der Waals surface area contributed by atoms with Crippen molar-refractivity contribution >= 4 is 37.6 Å². The number of halogens is 1. The lowest BCUT2D eigenvalue weighted by Crippen LogP contribution is -2.41. The molecule has 1 aliphatic heterocycles. The van der Waals surface area contributed by atoms with Crippen molar-refractivity contribution in [2.45, 2.75) is 65.3 Å². The summed E-state index contributed by atoms with van der Waals surface area (Å²) in [5, 5.41) is 2.42. The Kier molecular flexibility index (Phi) is 6.58. The average molecular weight is 409 g/mol. The lowest BCUT2D eigenvalue weighted by atomic mass is 9.78. The van der Waals surface area contributed by atoms with Crippen LogP contribution in [-0.4, -0.2) is 35.8 Å². The minimum absolute atomic E-state index is 0.0504. The van der Waals surface area contributed by atoms with E-state index in [2.05, 4.69) is 17.9 Å². The smallest absolute Gasteiger partial charge is 0.444 e. The maximum absolute atomic E-state index is 14.4. The summed E-state index contributed by atoms with van der Waals surface area (Å²) in [4.78, 5) is 11.8. The van der Waals surface area contributed by atoms with Crippen molar-refractivity contribution in [3.05, 3.63) is 35.1 Å². The summed E-state index contributed by atoms with van der Waals surface area (Å²) in [5.41, 5.74) is -0.138. The van der Waals surface area contributed by atoms with Crippen LogP contribution in [0.5, 0.6) is 0 Å². The fourth-order valence-corrected chi connectivity index (χ4v) is 2.77. The number of amides is 1. The molecule has 28 heavy (non-hydrogen) atoms. The summed E-state index contributed by atoms with van der Waals surface area (Å²) >= 11 is 4.37. The van der Waals surface area contributed by atoms with Gasteiger partial charge in [-0.25, -0.2) is 9.18 Å². The first-order valence-corrected chi connectivity index (χ1v) is 9.84. The highest BCUT2D eigenvalue weighted by Gasteiger charge is 2.52. The zero-order valence-electron chi connectivity index (χ0n) is 17.6. The maximum atomic E-state index is 14.4. The van der Waals surface area contributed by atoms with Gasteiger partial charge >= 0.3 is 13.2 Å². The van der Waals surface area contributed by atoms with E-state index in [1.807, 2.05) is 27.7 Å². The Morgan fingerprint density at radius 3 is 2.29 bits per heavy atom. The largest absolute Gasteiger partial charge is 0.491 e. The van der Waals surface area contributed by atoms with Gasteiger partial charge in [0.1, 0.15) is 11.4 Å². The van der Waals surface area contributed by atoms with Crippen molar-refractivity contribution in [2.24, 2.45) is 0 Å². The molecule has 0 unspecified atom stereocenters. The Hall–Kier alpha value is -1.51. The SMILES string of the molecule is CC(C)(C)OC(=O)Nc1ccc(C=C(CS)B2OC(C)(C)C(C)(C)O2)cc1F. The lowest BCUT2D eigenvalue weighted by Gasteiger charge is -2.32. The van der Waals surface area contributed by atoms with Gasteiger partial charge in [-0.3, -0.25) is 5.32 Å². The average Bonchev–Trinajstić information content (AvgIpc) is 2.73. The third kappa shape index (κ3) is 5.52. The van der Waals surface area contributed by atoms with E-state index in [4.69, 9.17) is 14.0 Å². The summed E-state index contributed by atoms with van der Waals surface area (Å²) < 4.78 is 31.7. The quantitative estimate of drug-likeness (QED) is 0.536. The van der Waals surface area contributed by atoms with E-state index in [9.17, 15) is 9.18 Å². The van der Waals surface area contributed by atoms with E-state index in [1.165, 1.54) is 12.1 Å². The van der Waals surface area contributed by atoms with Gasteiger partial charge in [-0.1, -0.05) is 12.1 Å². The maximum Gasteiger partial charge on any atom is 0.491 e. The first-order valence-electron chi connectivity index (χ1n) is 9.20. The molecule has 0 spiro atoms. The molecule has 1 saturated heterocycles. The van der Waals surface area contributed by atoms with Crippen molar-refractivity contribution in [1.29, 1.82) is 0 Å². The van der Waals surface area contributed by atoms with Gasteiger partial charge in [-0.05, 0) is 71.6 Å². The molecule has 1 fully saturated rings. The van der Waals surface area contributed by atoms with E-state index < -0.39 is 35.8 Å². The Bertz CT molecular complexity index is 758. The van der Waals surface area contributed by atoms with Gasteiger partial charge in [-0.2, -0.15) is 12.6 Å². The highest BCUT2D eigenvalue weighted by Crippen LogP contribution is 2.39. The second-order valence-electron chi connectivity index (χ2n) is 8.83. The Morgan fingerprint density at radius 2 is 1.82 bits per heavy atom. The standard InChI is InChI=1S/C20H29BFNO4S/c1-18(2,3)25-17(24)23-16-9-8-13(11-15(16)22)10-14(12-28)21-26-19(4,5)20(6,7)27-21/h8-11,28H,12H2,1-7H3,(H,23,24). The van der Waals surface area contributed by atoms with Crippen LogP contribution in [0, 0.1) is 5.82 Å². The molecule has 1 amide bonds. The molecule has 0 saturated carbocycles. The molecule has 1 aromatic rings. The predicted molar refractivity (Wildman–Crippen MR) is 114 cm³/mol. The first kappa shape index (κ1) is 22.8. The molecule has 1 aromatic carbocycles. The van der Waals surface area contributed by atoms with Crippen LogP contribution in [0.1, 0.15) is 54.0 Å². The van der Waals surface area contributed by atoms with Crippen LogP contribution < -0.4 is 5.32 Å². The first-order chi connectivity index (χ1) is 12.7. The Labute approximate surface area is 172 Å². The summed E-state index contributed by atoms with van der Waals surface area (Å²) in [5.74, 6) is -0.164. The highest BCUT2D eigenvalue weighted by molar-refractivity contribution is 7.80. The van der Waals surface area contributed by atoms with E-state index in [0.717, 1.165) is 5.47 Å². The highest BCUT2D eigenvalue weighted by atomic mass is 32.1. The summed E-state index contributed by atoms with van der Waals surface area (Å²) in [6.07, 6.45) is 1.08. The number of thiol groups is 1. The molecule has 0 bridgehead atoms. The van der Waals surface area contributed by atoms with E-state index >= 15 is 0 Å². The van der Waals surface area contributed by atoms with Crippen molar-refractivity contribution < 1.29 is 23.2 Å². The van der Waals surface area contributed by atoms with Crippen LogP contribution in [0.2, 0.25) is 0 Å². The number of carbonyl (C=O) groups is 1. The van der Waals surface area contributed by atoms with Crippen molar-refractivity contribution in [3.63, 3.8) is 0 Å². The molecule has 8 heteroatoms. The summed E-state index contributed by atoms with van der Waals surface area (Å²) in [6, 6.07) is 4.53. The van der Waals surface area contributed by atoms with Gasteiger partial charge in [0, 0.05) is 5.75 Å². The molecule has 1 aliphatic rings. The van der Waals surface area contributed by atoms with Crippen LogP contribution in [-0.2, 0) is 14.0 Å². The van der Waals surface area contributed by atoms with Crippen molar-refractivity contribution in [1.82, 2.24) is 0 Å². The van der Waals surface area contributed by atoms with Gasteiger partial charge in [0.2, 0.25) is 0 Å². The third-order valence-electron chi connectivity index (χ3n) is 4.72. The minimum atomic E-state index is -0.706. The van der Waals surface area contributed by atoms with Crippen molar-refractivity contribution in [3.8, 4) is 0 Å². The second kappa shape index (κ2) is 8.09. The zero-order chi connectivity index (χ0) is 21.3. The number of benzene rings is 1. The monoisotopic (exact) mass is 409 g/mol. The van der Waals surface area contributed by atoms with E-state index in [0.29, 0.717) is 11.3 Å². The van der Waals surface area contributed by atoms with Gasteiger partial charge in [0.25, 0.3) is 0 Å². The number of ether oxygens (including phenoxy) is 1. The van der Waals surface area contributed by atoms with Crippen LogP contribution in [0.4, 0.5) is 14.9 Å². The third-order valence-corrected chi connectivity index (χ3v) is 5.08. The van der Waals surface area contributed by atoms with Gasteiger partial charge in [0.05, 0.1) is 16.9 Å². The van der Waals surface area contributed by atoms with Crippen LogP contribution in [0.15, 0.2) is 23.7 Å². The van der Waals surface area contributed by atoms with Gasteiger partial charge in [-0.15, -0.1) is 0 Å². The normalized spacial score (nSPS) is 18.9. The molecule has 0 radical (unpaired) electrons. The number of hydrogen-bond donors (Lipinski definition) is 2. The second-order valence-corrected chi connectivity index (χ2v) is 9.15. The number of rotatable bonds is 4. The topological polar surface area (TPSA) is 56.8 Å². The molecule has 0 aromatic heterocycles. The van der Waals surface area contributed by atoms with E-state index in [1.54, 1.807) is 32.9 Å². The van der Waals surface area contributed by atoms with Crippen LogP contribution >= 0.6 is 12.6 Å². The molecule has 2 rings (SSSR count). The number of carbonyl (C=O) groups excluding carboxylic acids is 1. The fraction of sp³-hybridized carbons (Fsp3) is 0.550. The number of hydrogen-bond acceptors (Lipinski definition) is 5. The molecule has 0 aliphatic carbocycles. The minimum Gasteiger partial charge on any atom is -0.444 e. The van der Waals surface area contributed by atoms with Gasteiger partial charge in [0.15, 0.2) is 0 Å². The van der Waals surface area contributed by atoms with Crippen molar-refractivity contribution in [2.75, 3.05) is 11.1 Å².